The Balaban J connectivity index is 2.80. The van der Waals surface area contributed by atoms with Gasteiger partial charge in [-0.15, -0.1) is 0 Å². The van der Waals surface area contributed by atoms with E-state index in [1.807, 2.05) is 20.0 Å². The van der Waals surface area contributed by atoms with Crippen molar-refractivity contribution in [3.05, 3.63) is 29.6 Å². The molecule has 3 nitrogen and oxygen atoms in total. The Morgan fingerprint density at radius 2 is 2.31 bits per heavy atom. The first kappa shape index (κ1) is 9.71. The van der Waals surface area contributed by atoms with Crippen LogP contribution < -0.4 is 0 Å². The number of rotatable bonds is 3. The maximum atomic E-state index is 11.3. The van der Waals surface area contributed by atoms with Gasteiger partial charge in [0, 0.05) is 12.7 Å². The van der Waals surface area contributed by atoms with Crippen molar-refractivity contribution in [1.82, 2.24) is 9.78 Å². The molecule has 0 aliphatic carbocycles. The molecule has 0 radical (unpaired) electrons. The molecular formula is C10H14N2O. The van der Waals surface area contributed by atoms with Gasteiger partial charge in [-0.25, -0.2) is 0 Å². The summed E-state index contributed by atoms with van der Waals surface area (Å²) in [6, 6.07) is 1.92. The van der Waals surface area contributed by atoms with Crippen molar-refractivity contribution in [2.45, 2.75) is 20.3 Å². The molecule has 70 valence electrons. The van der Waals surface area contributed by atoms with Gasteiger partial charge in [0.1, 0.15) is 0 Å². The second kappa shape index (κ2) is 3.56. The summed E-state index contributed by atoms with van der Waals surface area (Å²) in [4.78, 5) is 11.3. The van der Waals surface area contributed by atoms with Crippen molar-refractivity contribution >= 4 is 5.78 Å². The van der Waals surface area contributed by atoms with E-state index in [9.17, 15) is 4.79 Å². The smallest absolute Gasteiger partial charge is 0.163 e. The van der Waals surface area contributed by atoms with E-state index in [4.69, 9.17) is 0 Å². The molecule has 0 saturated heterocycles. The molecule has 0 aromatic carbocycles. The average Bonchev–Trinajstić information content (AvgIpc) is 2.30. The summed E-state index contributed by atoms with van der Waals surface area (Å²) in [6.07, 6.45) is 0.396. The number of hydrogen-bond acceptors (Lipinski definition) is 2. The first-order chi connectivity index (χ1) is 6.00. The van der Waals surface area contributed by atoms with Gasteiger partial charge in [-0.2, -0.15) is 5.10 Å². The molecule has 0 aliphatic rings. The second-order valence-corrected chi connectivity index (χ2v) is 3.28. The molecule has 0 aliphatic heterocycles. The second-order valence-electron chi connectivity index (χ2n) is 3.28. The zero-order chi connectivity index (χ0) is 10.0. The largest absolute Gasteiger partial charge is 0.294 e. The number of aryl methyl sites for hydroxylation is 2. The molecule has 0 amide bonds. The van der Waals surface area contributed by atoms with Crippen LogP contribution in [0.1, 0.15) is 18.3 Å². The number of nitrogens with zero attached hydrogens (tertiary/aromatic N) is 2. The van der Waals surface area contributed by atoms with Crippen molar-refractivity contribution < 1.29 is 4.79 Å². The van der Waals surface area contributed by atoms with Crippen LogP contribution in [0.25, 0.3) is 0 Å². The van der Waals surface area contributed by atoms with Gasteiger partial charge in [0.2, 0.25) is 0 Å². The average molecular weight is 178 g/mol. The predicted molar refractivity (Wildman–Crippen MR) is 51.5 cm³/mol. The minimum Gasteiger partial charge on any atom is -0.294 e. The minimum absolute atomic E-state index is 0.0722. The summed E-state index contributed by atoms with van der Waals surface area (Å²) in [6.45, 7) is 7.25. The fraction of sp³-hybridized carbons (Fsp3) is 0.400. The van der Waals surface area contributed by atoms with Crippen LogP contribution in [-0.2, 0) is 18.3 Å². The number of carbonyl (C=O) groups is 1. The monoisotopic (exact) mass is 178 g/mol. The maximum absolute atomic E-state index is 11.3. The molecule has 1 aromatic rings. The van der Waals surface area contributed by atoms with Crippen LogP contribution in [0, 0.1) is 6.92 Å². The zero-order valence-electron chi connectivity index (χ0n) is 8.29. The summed E-state index contributed by atoms with van der Waals surface area (Å²) in [5, 5.41) is 4.16. The van der Waals surface area contributed by atoms with Crippen molar-refractivity contribution in [2.24, 2.45) is 7.05 Å². The summed E-state index contributed by atoms with van der Waals surface area (Å²) in [5.74, 6) is 0.0722. The minimum atomic E-state index is 0.0722. The molecule has 0 N–H and O–H groups in total. The number of Topliss-reactive ketones (excluding diaryl/α,β-unsaturated/α-hetero) is 1. The van der Waals surface area contributed by atoms with E-state index in [-0.39, 0.29) is 5.78 Å². The van der Waals surface area contributed by atoms with Crippen LogP contribution in [-0.4, -0.2) is 15.6 Å². The van der Waals surface area contributed by atoms with Crippen molar-refractivity contribution in [1.29, 1.82) is 0 Å². The number of allylic oxidation sites excluding steroid dienone is 1. The number of ketones is 1. The standard InChI is InChI=1S/C10H14N2O/c1-7(2)10(13)6-9-5-8(3)11-12(9)4/h5H,1,6H2,2-4H3. The number of carbonyl (C=O) groups excluding carboxylic acids is 1. The molecule has 0 bridgehead atoms. The van der Waals surface area contributed by atoms with Crippen LogP contribution >= 0.6 is 0 Å². The fourth-order valence-corrected chi connectivity index (χ4v) is 1.15. The highest BCUT2D eigenvalue weighted by Crippen LogP contribution is 2.05. The lowest BCUT2D eigenvalue weighted by Crippen LogP contribution is -2.07. The summed E-state index contributed by atoms with van der Waals surface area (Å²) in [5.41, 5.74) is 2.47. The fourth-order valence-electron chi connectivity index (χ4n) is 1.15. The molecule has 0 spiro atoms. The normalized spacial score (nSPS) is 10.1. The number of aromatic nitrogens is 2. The van der Waals surface area contributed by atoms with Gasteiger partial charge in [0.25, 0.3) is 0 Å². The third-order valence-electron chi connectivity index (χ3n) is 1.92. The first-order valence-corrected chi connectivity index (χ1v) is 4.19. The lowest BCUT2D eigenvalue weighted by atomic mass is 10.1. The van der Waals surface area contributed by atoms with E-state index in [1.165, 1.54) is 0 Å². The highest BCUT2D eigenvalue weighted by Gasteiger charge is 2.08. The van der Waals surface area contributed by atoms with Crippen LogP contribution in [0.5, 0.6) is 0 Å². The molecular weight excluding hydrogens is 164 g/mol. The Morgan fingerprint density at radius 3 is 2.69 bits per heavy atom. The molecule has 1 heterocycles. The van der Waals surface area contributed by atoms with Gasteiger partial charge in [0.05, 0.1) is 12.1 Å². The van der Waals surface area contributed by atoms with Crippen LogP contribution in [0.4, 0.5) is 0 Å². The Labute approximate surface area is 78.1 Å². The van der Waals surface area contributed by atoms with Crippen molar-refractivity contribution in [3.8, 4) is 0 Å². The van der Waals surface area contributed by atoms with E-state index in [2.05, 4.69) is 11.7 Å². The van der Waals surface area contributed by atoms with Gasteiger partial charge in [0.15, 0.2) is 5.78 Å². The molecule has 1 aromatic heterocycles. The van der Waals surface area contributed by atoms with E-state index < -0.39 is 0 Å². The molecule has 0 atom stereocenters. The first-order valence-electron chi connectivity index (χ1n) is 4.19. The van der Waals surface area contributed by atoms with Gasteiger partial charge < -0.3 is 0 Å². The topological polar surface area (TPSA) is 34.9 Å². The highest BCUT2D eigenvalue weighted by atomic mass is 16.1. The van der Waals surface area contributed by atoms with Crippen LogP contribution in [0.15, 0.2) is 18.2 Å². The summed E-state index contributed by atoms with van der Waals surface area (Å²) < 4.78 is 1.73. The third kappa shape index (κ3) is 2.28. The maximum Gasteiger partial charge on any atom is 0.163 e. The van der Waals surface area contributed by atoms with Crippen molar-refractivity contribution in [2.75, 3.05) is 0 Å². The van der Waals surface area contributed by atoms with Gasteiger partial charge >= 0.3 is 0 Å². The Bertz CT molecular complexity index is 350. The molecule has 3 heteroatoms. The zero-order valence-corrected chi connectivity index (χ0v) is 8.29. The molecule has 13 heavy (non-hydrogen) atoms. The molecule has 1 rings (SSSR count). The molecule has 0 unspecified atom stereocenters. The van der Waals surface area contributed by atoms with E-state index in [1.54, 1.807) is 11.6 Å². The van der Waals surface area contributed by atoms with Crippen molar-refractivity contribution in [3.63, 3.8) is 0 Å². The Kier molecular flexibility index (Phi) is 2.66. The van der Waals surface area contributed by atoms with Crippen LogP contribution in [0.3, 0.4) is 0 Å². The Morgan fingerprint density at radius 1 is 1.69 bits per heavy atom. The summed E-state index contributed by atoms with van der Waals surface area (Å²) >= 11 is 0. The Hall–Kier alpha value is -1.38. The van der Waals surface area contributed by atoms with E-state index >= 15 is 0 Å². The van der Waals surface area contributed by atoms with E-state index in [0.717, 1.165) is 11.4 Å². The predicted octanol–water partition coefficient (Wildman–Crippen LogP) is 1.42. The quantitative estimate of drug-likeness (QED) is 0.656. The van der Waals surface area contributed by atoms with Crippen LogP contribution in [0.2, 0.25) is 0 Å². The number of hydrogen-bond donors (Lipinski definition) is 0. The molecule has 0 saturated carbocycles. The van der Waals surface area contributed by atoms with Gasteiger partial charge in [-0.1, -0.05) is 6.58 Å². The highest BCUT2D eigenvalue weighted by molar-refractivity contribution is 5.95. The third-order valence-corrected chi connectivity index (χ3v) is 1.92. The lowest BCUT2D eigenvalue weighted by molar-refractivity contribution is -0.115. The van der Waals surface area contributed by atoms with E-state index in [0.29, 0.717) is 12.0 Å². The molecule has 0 fully saturated rings. The van der Waals surface area contributed by atoms with Gasteiger partial charge in [-0.3, -0.25) is 9.48 Å². The summed E-state index contributed by atoms with van der Waals surface area (Å²) in [7, 11) is 1.84. The lowest BCUT2D eigenvalue weighted by Gasteiger charge is -1.99. The SMILES string of the molecule is C=C(C)C(=O)Cc1cc(C)nn1C. The van der Waals surface area contributed by atoms with Gasteiger partial charge in [-0.05, 0) is 25.5 Å².